The van der Waals surface area contributed by atoms with E-state index in [0.29, 0.717) is 0 Å². The van der Waals surface area contributed by atoms with Gasteiger partial charge in [0.15, 0.2) is 0 Å². The van der Waals surface area contributed by atoms with Crippen LogP contribution in [0.1, 0.15) is 27.2 Å². The van der Waals surface area contributed by atoms with Gasteiger partial charge in [0.2, 0.25) is 0 Å². The second-order valence-corrected chi connectivity index (χ2v) is 4.01. The Bertz CT molecular complexity index is 41.7. The van der Waals surface area contributed by atoms with Crippen molar-refractivity contribution in [3.05, 3.63) is 0 Å². The first-order valence-corrected chi connectivity index (χ1v) is 4.89. The lowest BCUT2D eigenvalue weighted by molar-refractivity contribution is 0.728. The molecule has 0 nitrogen and oxygen atoms in total. The minimum absolute atomic E-state index is 0.917. The second-order valence-electron chi connectivity index (χ2n) is 2.60. The third kappa shape index (κ3) is 6.22. The van der Waals surface area contributed by atoms with Crippen molar-refractivity contribution in [2.75, 3.05) is 0 Å². The normalized spacial score (nSPS) is 10.5. The monoisotopic (exact) mass is 128 g/mol. The van der Waals surface area contributed by atoms with Gasteiger partial charge in [-0.25, -0.2) is 0 Å². The Kier molecular flexibility index (Phi) is 5.50. The number of hydrogen-bond donors (Lipinski definition) is 0. The highest BCUT2D eigenvalue weighted by Crippen LogP contribution is 2.01. The Balaban J connectivity index is 2.72. The molecule has 0 atom stereocenters. The summed E-state index contributed by atoms with van der Waals surface area (Å²) in [5.74, 6) is 0.917. The fourth-order valence-electron chi connectivity index (χ4n) is 0.568. The maximum atomic E-state index is 2.29. The van der Waals surface area contributed by atoms with Gasteiger partial charge in [-0.05, 0) is 5.92 Å². The first-order valence-electron chi connectivity index (χ1n) is 3.48. The molecule has 0 aliphatic heterocycles. The predicted molar refractivity (Wildman–Crippen MR) is 40.5 cm³/mol. The van der Waals surface area contributed by atoms with E-state index >= 15 is 0 Å². The third-order valence-electron chi connectivity index (χ3n) is 0.979. The molecule has 0 rings (SSSR count). The summed E-state index contributed by atoms with van der Waals surface area (Å²) in [6.45, 7) is 6.85. The minimum atomic E-state index is 0.917. The Morgan fingerprint density at radius 2 is 2.00 bits per heavy atom. The van der Waals surface area contributed by atoms with Gasteiger partial charge in [-0.3, -0.25) is 0 Å². The number of rotatable bonds is 4. The van der Waals surface area contributed by atoms with Crippen LogP contribution in [0, 0.1) is 5.92 Å². The van der Waals surface area contributed by atoms with Crippen LogP contribution < -0.4 is 0 Å². The lowest BCUT2D eigenvalue weighted by Gasteiger charge is -1.99. The first-order chi connectivity index (χ1) is 3.77. The topological polar surface area (TPSA) is 0 Å². The number of hydrogen-bond acceptors (Lipinski definition) is 0. The quantitative estimate of drug-likeness (QED) is 0.403. The molecular weight excluding hydrogens is 112 g/mol. The summed E-state index contributed by atoms with van der Waals surface area (Å²) >= 11 is 0. The summed E-state index contributed by atoms with van der Waals surface area (Å²) in [5.41, 5.74) is 0. The molecule has 0 N–H and O–H groups in total. The Hall–Kier alpha value is 0.217. The van der Waals surface area contributed by atoms with Crippen molar-refractivity contribution in [1.29, 1.82) is 0 Å². The third-order valence-corrected chi connectivity index (χ3v) is 2.94. The van der Waals surface area contributed by atoms with Crippen molar-refractivity contribution in [3.8, 4) is 0 Å². The molecule has 0 saturated heterocycles. The van der Waals surface area contributed by atoms with Crippen LogP contribution in [0.25, 0.3) is 0 Å². The smallest absolute Gasteiger partial charge is 0.0380 e. The van der Waals surface area contributed by atoms with E-state index in [1.807, 2.05) is 0 Å². The fourth-order valence-corrected chi connectivity index (χ4v) is 1.70. The van der Waals surface area contributed by atoms with Crippen molar-refractivity contribution >= 4 is 9.52 Å². The summed E-state index contributed by atoms with van der Waals surface area (Å²) in [6, 6.07) is 2.88. The predicted octanol–water partition coefficient (Wildman–Crippen LogP) is 2.59. The van der Waals surface area contributed by atoms with E-state index in [1.54, 1.807) is 0 Å². The van der Waals surface area contributed by atoms with Gasteiger partial charge in [-0.15, -0.1) is 0 Å². The zero-order valence-electron chi connectivity index (χ0n) is 6.20. The highest BCUT2D eigenvalue weighted by molar-refractivity contribution is 6.35. The molecule has 0 aromatic rings. The molecule has 48 valence electrons. The Morgan fingerprint density at radius 3 is 2.38 bits per heavy atom. The van der Waals surface area contributed by atoms with E-state index in [1.165, 1.54) is 28.0 Å². The van der Waals surface area contributed by atoms with E-state index in [-0.39, 0.29) is 0 Å². The molecule has 0 aromatic heterocycles. The molecule has 2 radical (unpaired) electrons. The van der Waals surface area contributed by atoms with Crippen LogP contribution in [-0.2, 0) is 0 Å². The van der Waals surface area contributed by atoms with Gasteiger partial charge in [-0.2, -0.15) is 0 Å². The van der Waals surface area contributed by atoms with Crippen LogP contribution in [0.15, 0.2) is 0 Å². The first kappa shape index (κ1) is 8.22. The van der Waals surface area contributed by atoms with Crippen LogP contribution in [0.3, 0.4) is 0 Å². The molecule has 8 heavy (non-hydrogen) atoms. The molecule has 1 heteroatoms. The SMILES string of the molecule is CCC[Si]CC(C)C. The molecule has 0 bridgehead atoms. The van der Waals surface area contributed by atoms with Crippen molar-refractivity contribution < 1.29 is 0 Å². The molecule has 0 aromatic carbocycles. The van der Waals surface area contributed by atoms with E-state index in [2.05, 4.69) is 20.8 Å². The summed E-state index contributed by atoms with van der Waals surface area (Å²) in [4.78, 5) is 0. The lowest BCUT2D eigenvalue weighted by atomic mass is 10.3. The average Bonchev–Trinajstić information content (AvgIpc) is 1.66. The van der Waals surface area contributed by atoms with E-state index < -0.39 is 0 Å². The van der Waals surface area contributed by atoms with Crippen molar-refractivity contribution in [1.82, 2.24) is 0 Å². The molecule has 0 saturated carbocycles. The highest BCUT2D eigenvalue weighted by Gasteiger charge is 1.91. The molecule has 0 amide bonds. The molecule has 0 unspecified atom stereocenters. The summed E-state index contributed by atoms with van der Waals surface area (Å²) < 4.78 is 0. The summed E-state index contributed by atoms with van der Waals surface area (Å²) in [5, 5.41) is 0. The lowest BCUT2D eigenvalue weighted by Crippen LogP contribution is -1.93. The van der Waals surface area contributed by atoms with Gasteiger partial charge in [0.05, 0.1) is 0 Å². The van der Waals surface area contributed by atoms with Gasteiger partial charge in [0.25, 0.3) is 0 Å². The van der Waals surface area contributed by atoms with Crippen LogP contribution in [-0.4, -0.2) is 9.52 Å². The molecular formula is C7H16Si. The maximum absolute atomic E-state index is 2.29. The van der Waals surface area contributed by atoms with Crippen LogP contribution in [0.2, 0.25) is 12.1 Å². The van der Waals surface area contributed by atoms with Gasteiger partial charge < -0.3 is 0 Å². The van der Waals surface area contributed by atoms with Crippen LogP contribution in [0.4, 0.5) is 0 Å². The Morgan fingerprint density at radius 1 is 1.38 bits per heavy atom. The standard InChI is InChI=1S/C7H16Si/c1-4-5-8-6-7(2)3/h7H,4-6H2,1-3H3. The van der Waals surface area contributed by atoms with Gasteiger partial charge >= 0.3 is 0 Å². The zero-order chi connectivity index (χ0) is 6.41. The van der Waals surface area contributed by atoms with E-state index in [4.69, 9.17) is 0 Å². The van der Waals surface area contributed by atoms with Crippen LogP contribution >= 0.6 is 0 Å². The fraction of sp³-hybridized carbons (Fsp3) is 1.00. The summed E-state index contributed by atoms with van der Waals surface area (Å²) in [6.07, 6.45) is 1.37. The zero-order valence-corrected chi connectivity index (χ0v) is 7.20. The van der Waals surface area contributed by atoms with Gasteiger partial charge in [0, 0.05) is 9.52 Å². The summed E-state index contributed by atoms with van der Waals surface area (Å²) in [7, 11) is 1.21. The van der Waals surface area contributed by atoms with Gasteiger partial charge in [0.1, 0.15) is 0 Å². The Labute approximate surface area is 55.5 Å². The average molecular weight is 128 g/mol. The van der Waals surface area contributed by atoms with Crippen molar-refractivity contribution in [2.24, 2.45) is 5.92 Å². The molecule has 0 aliphatic rings. The van der Waals surface area contributed by atoms with Crippen molar-refractivity contribution in [2.45, 2.75) is 39.3 Å². The molecule has 0 spiro atoms. The second kappa shape index (κ2) is 5.36. The highest BCUT2D eigenvalue weighted by atomic mass is 28.2. The molecule has 0 heterocycles. The van der Waals surface area contributed by atoms with Gasteiger partial charge in [-0.1, -0.05) is 39.3 Å². The van der Waals surface area contributed by atoms with Crippen LogP contribution in [0.5, 0.6) is 0 Å². The van der Waals surface area contributed by atoms with Crippen molar-refractivity contribution in [3.63, 3.8) is 0 Å². The molecule has 0 fully saturated rings. The van der Waals surface area contributed by atoms with E-state index in [9.17, 15) is 0 Å². The minimum Gasteiger partial charge on any atom is -0.0657 e. The largest absolute Gasteiger partial charge is 0.0657 e. The molecule has 0 aliphatic carbocycles. The van der Waals surface area contributed by atoms with E-state index in [0.717, 1.165) is 5.92 Å². The maximum Gasteiger partial charge on any atom is 0.0380 e.